The summed E-state index contributed by atoms with van der Waals surface area (Å²) >= 11 is 0. The zero-order valence-electron chi connectivity index (χ0n) is 20.5. The highest BCUT2D eigenvalue weighted by molar-refractivity contribution is 7.89. The number of ether oxygens (including phenoxy) is 1. The average molecular weight is 497 g/mol. The quantitative estimate of drug-likeness (QED) is 0.490. The van der Waals surface area contributed by atoms with E-state index >= 15 is 0 Å². The maximum absolute atomic E-state index is 13.4. The van der Waals surface area contributed by atoms with Crippen LogP contribution in [0, 0.1) is 13.8 Å². The van der Waals surface area contributed by atoms with Gasteiger partial charge >= 0.3 is 0 Å². The Kier molecular flexibility index (Phi) is 6.43. The van der Waals surface area contributed by atoms with Gasteiger partial charge in [-0.3, -0.25) is 9.69 Å². The fraction of sp³-hybridized carbons (Fsp3) is 0.423. The smallest absolute Gasteiger partial charge is 0.243 e. The number of sulfonamides is 1. The zero-order valence-corrected chi connectivity index (χ0v) is 21.3. The van der Waals surface area contributed by atoms with Crippen molar-refractivity contribution >= 4 is 15.8 Å². The van der Waals surface area contributed by atoms with Crippen LogP contribution in [-0.4, -0.2) is 71.9 Å². The number of benzene rings is 1. The summed E-state index contributed by atoms with van der Waals surface area (Å²) in [6.45, 7) is 9.59. The largest absolute Gasteiger partial charge is 0.379 e. The molecule has 0 aliphatic carbocycles. The van der Waals surface area contributed by atoms with Crippen molar-refractivity contribution in [1.29, 1.82) is 0 Å². The Labute approximate surface area is 206 Å². The molecule has 1 aromatic carbocycles. The molecule has 1 saturated heterocycles. The lowest BCUT2D eigenvalue weighted by molar-refractivity contribution is 0.0730. The molecule has 0 saturated carbocycles. The van der Waals surface area contributed by atoms with Crippen molar-refractivity contribution in [3.8, 4) is 5.69 Å². The molecule has 0 amide bonds. The number of aromatic nitrogens is 2. The molecule has 9 heteroatoms. The molecule has 2 aliphatic heterocycles. The molecule has 4 heterocycles. The van der Waals surface area contributed by atoms with Crippen LogP contribution >= 0.6 is 0 Å². The molecule has 186 valence electrons. The lowest BCUT2D eigenvalue weighted by Crippen LogP contribution is -2.40. The molecule has 1 fully saturated rings. The summed E-state index contributed by atoms with van der Waals surface area (Å²) in [4.78, 5) is 15.9. The highest BCUT2D eigenvalue weighted by Gasteiger charge is 2.28. The van der Waals surface area contributed by atoms with Crippen LogP contribution < -0.4 is 0 Å². The fourth-order valence-corrected chi connectivity index (χ4v) is 6.72. The molecule has 2 aliphatic rings. The van der Waals surface area contributed by atoms with Crippen LogP contribution in [0.25, 0.3) is 5.69 Å². The van der Waals surface area contributed by atoms with Crippen molar-refractivity contribution in [2.45, 2.75) is 38.3 Å². The van der Waals surface area contributed by atoms with Crippen LogP contribution in [0.15, 0.2) is 53.6 Å². The number of carbonyl (C=O) groups is 1. The molecule has 3 aromatic rings. The van der Waals surface area contributed by atoms with Crippen molar-refractivity contribution in [3.05, 3.63) is 71.3 Å². The summed E-state index contributed by atoms with van der Waals surface area (Å²) in [5.41, 5.74) is 4.36. The molecule has 0 radical (unpaired) electrons. The van der Waals surface area contributed by atoms with E-state index in [9.17, 15) is 13.2 Å². The predicted octanol–water partition coefficient (Wildman–Crippen LogP) is 3.18. The summed E-state index contributed by atoms with van der Waals surface area (Å²) in [6.07, 6.45) is 2.09. The predicted molar refractivity (Wildman–Crippen MR) is 134 cm³/mol. The summed E-state index contributed by atoms with van der Waals surface area (Å²) in [5.74, 6) is 0.0771. The Morgan fingerprint density at radius 1 is 1.03 bits per heavy atom. The number of carbonyl (C=O) groups excluding carboxylic acids is 1. The van der Waals surface area contributed by atoms with Gasteiger partial charge in [0.25, 0.3) is 0 Å². The molecule has 1 unspecified atom stereocenters. The Bertz CT molecular complexity index is 1350. The molecule has 1 atom stereocenters. The van der Waals surface area contributed by atoms with E-state index in [4.69, 9.17) is 4.74 Å². The molecular weight excluding hydrogens is 464 g/mol. The monoisotopic (exact) mass is 496 g/mol. The van der Waals surface area contributed by atoms with Gasteiger partial charge in [0.05, 0.1) is 24.7 Å². The third kappa shape index (κ3) is 4.38. The molecule has 35 heavy (non-hydrogen) atoms. The molecule has 5 rings (SSSR count). The average Bonchev–Trinajstić information content (AvgIpc) is 3.46. The highest BCUT2D eigenvalue weighted by atomic mass is 32.2. The van der Waals surface area contributed by atoms with Crippen molar-refractivity contribution in [3.63, 3.8) is 0 Å². The number of ketones is 1. The first-order valence-corrected chi connectivity index (χ1v) is 13.5. The van der Waals surface area contributed by atoms with E-state index in [0.29, 0.717) is 38.4 Å². The summed E-state index contributed by atoms with van der Waals surface area (Å²) in [6, 6.07) is 13.2. The van der Waals surface area contributed by atoms with E-state index in [1.165, 1.54) is 10.00 Å². The summed E-state index contributed by atoms with van der Waals surface area (Å²) < 4.78 is 37.3. The number of nitrogens with zero attached hydrogens (tertiary/aromatic N) is 4. The fourth-order valence-electron chi connectivity index (χ4n) is 5.27. The normalized spacial score (nSPS) is 19.6. The first-order valence-electron chi connectivity index (χ1n) is 12.1. The minimum Gasteiger partial charge on any atom is -0.379 e. The van der Waals surface area contributed by atoms with Crippen LogP contribution in [0.5, 0.6) is 0 Å². The topological polar surface area (TPSA) is 76.8 Å². The van der Waals surface area contributed by atoms with Gasteiger partial charge in [0.15, 0.2) is 5.78 Å². The number of hydrogen-bond donors (Lipinski definition) is 0. The van der Waals surface area contributed by atoms with E-state index < -0.39 is 10.0 Å². The number of fused-ring (bicyclic) bond motifs is 1. The van der Waals surface area contributed by atoms with Crippen LogP contribution in [0.1, 0.15) is 40.4 Å². The van der Waals surface area contributed by atoms with Crippen LogP contribution in [0.4, 0.5) is 0 Å². The van der Waals surface area contributed by atoms with Gasteiger partial charge in [-0.25, -0.2) is 8.42 Å². The van der Waals surface area contributed by atoms with Crippen molar-refractivity contribution in [1.82, 2.24) is 18.3 Å². The van der Waals surface area contributed by atoms with Crippen LogP contribution in [0.3, 0.4) is 0 Å². The third-order valence-corrected chi connectivity index (χ3v) is 9.13. The SMILES string of the molecule is Cc1cc(C(=O)CN2CCn3cccc3C2C)c(C)n1-c1cccc(S(=O)(=O)N2CCOCC2)c1. The summed E-state index contributed by atoms with van der Waals surface area (Å²) in [5, 5.41) is 0. The van der Waals surface area contributed by atoms with Gasteiger partial charge < -0.3 is 13.9 Å². The van der Waals surface area contributed by atoms with Gasteiger partial charge in [0.1, 0.15) is 0 Å². The Morgan fingerprint density at radius 2 is 1.80 bits per heavy atom. The van der Waals surface area contributed by atoms with Crippen molar-refractivity contribution < 1.29 is 17.9 Å². The van der Waals surface area contributed by atoms with Crippen molar-refractivity contribution in [2.75, 3.05) is 39.4 Å². The lowest BCUT2D eigenvalue weighted by Gasteiger charge is -2.34. The first kappa shape index (κ1) is 24.0. The number of morpholine rings is 1. The van der Waals surface area contributed by atoms with Gasteiger partial charge in [-0.05, 0) is 57.2 Å². The maximum atomic E-state index is 13.4. The molecule has 0 N–H and O–H groups in total. The second-order valence-corrected chi connectivity index (χ2v) is 11.3. The van der Waals surface area contributed by atoms with E-state index in [1.54, 1.807) is 18.2 Å². The van der Waals surface area contributed by atoms with Crippen LogP contribution in [0.2, 0.25) is 0 Å². The van der Waals surface area contributed by atoms with Gasteiger partial charge in [0.2, 0.25) is 10.0 Å². The minimum atomic E-state index is -3.61. The Hall–Kier alpha value is -2.72. The molecular formula is C26H32N4O4S. The standard InChI is InChI=1S/C26H32N4O4S/c1-19-16-24(26(31)18-28-11-10-27-9-5-8-25(27)21(28)3)20(2)30(19)22-6-4-7-23(17-22)35(32,33)29-12-14-34-15-13-29/h4-9,16-17,21H,10-15,18H2,1-3H3. The third-order valence-electron chi connectivity index (χ3n) is 7.23. The van der Waals surface area contributed by atoms with E-state index in [0.717, 1.165) is 30.2 Å². The Morgan fingerprint density at radius 3 is 2.57 bits per heavy atom. The second kappa shape index (κ2) is 9.39. The maximum Gasteiger partial charge on any atom is 0.243 e. The highest BCUT2D eigenvalue weighted by Crippen LogP contribution is 2.28. The van der Waals surface area contributed by atoms with Crippen LogP contribution in [-0.2, 0) is 21.3 Å². The molecule has 8 nitrogen and oxygen atoms in total. The number of aryl methyl sites for hydroxylation is 1. The van der Waals surface area contributed by atoms with Gasteiger partial charge in [0, 0.05) is 66.8 Å². The van der Waals surface area contributed by atoms with Crippen molar-refractivity contribution in [2.24, 2.45) is 0 Å². The second-order valence-electron chi connectivity index (χ2n) is 9.33. The van der Waals surface area contributed by atoms with Gasteiger partial charge in [-0.2, -0.15) is 4.31 Å². The van der Waals surface area contributed by atoms with E-state index in [-0.39, 0.29) is 16.7 Å². The summed E-state index contributed by atoms with van der Waals surface area (Å²) in [7, 11) is -3.61. The molecule has 2 aromatic heterocycles. The number of rotatable bonds is 6. The molecule has 0 spiro atoms. The Balaban J connectivity index is 1.40. The van der Waals surface area contributed by atoms with E-state index in [1.807, 2.05) is 30.5 Å². The van der Waals surface area contributed by atoms with E-state index in [2.05, 4.69) is 34.7 Å². The molecule has 0 bridgehead atoms. The lowest BCUT2D eigenvalue weighted by atomic mass is 10.1. The number of hydrogen-bond acceptors (Lipinski definition) is 5. The zero-order chi connectivity index (χ0) is 24.7. The van der Waals surface area contributed by atoms with Gasteiger partial charge in [-0.1, -0.05) is 6.07 Å². The first-order chi connectivity index (χ1) is 16.8. The number of Topliss-reactive ketones (excluding diaryl/α,β-unsaturated/α-hetero) is 1. The minimum absolute atomic E-state index is 0.0771. The van der Waals surface area contributed by atoms with Gasteiger partial charge in [-0.15, -0.1) is 0 Å².